The fraction of sp³-hybridized carbons (Fsp3) is 0.510. The van der Waals surface area contributed by atoms with Gasteiger partial charge in [-0.05, 0) is 100 Å². The van der Waals surface area contributed by atoms with Crippen molar-refractivity contribution in [1.82, 2.24) is 34.6 Å². The van der Waals surface area contributed by atoms with E-state index in [9.17, 15) is 0 Å². The van der Waals surface area contributed by atoms with Gasteiger partial charge in [0.25, 0.3) is 35.3 Å². The number of para-hydroxylation sites is 6. The highest BCUT2D eigenvalue weighted by Crippen LogP contribution is 2.61. The van der Waals surface area contributed by atoms with Gasteiger partial charge in [0.2, 0.25) is 0 Å². The van der Waals surface area contributed by atoms with E-state index < -0.39 is 8.53 Å². The van der Waals surface area contributed by atoms with Gasteiger partial charge in [-0.2, -0.15) is 0 Å². The molecule has 1 aliphatic carbocycles. The number of aromatic nitrogens is 6. The van der Waals surface area contributed by atoms with Crippen molar-refractivity contribution in [1.29, 1.82) is 0 Å². The maximum Gasteiger partial charge on any atom is 0.384 e. The van der Waals surface area contributed by atoms with E-state index in [0.29, 0.717) is 79.1 Å². The Kier molecular flexibility index (Phi) is 28.1. The minimum absolute atomic E-state index is 0.218. The topological polar surface area (TPSA) is 154 Å². The highest BCUT2D eigenvalue weighted by Gasteiger charge is 2.41. The van der Waals surface area contributed by atoms with Gasteiger partial charge in [0.1, 0.15) is 46.0 Å². The summed E-state index contributed by atoms with van der Waals surface area (Å²) in [5.41, 5.74) is 12.4. The van der Waals surface area contributed by atoms with Crippen LogP contribution in [0.1, 0.15) is 353 Å². The molecule has 15 rings (SSSR count). The molecule has 7 aromatic carbocycles. The van der Waals surface area contributed by atoms with Gasteiger partial charge in [0.15, 0.2) is 0 Å². The standard InChI is InChI=1S/C98H122N7O8P/c1-7-11-15-19-23-27-31-35-39-49-67-71-59-73-68(50-40-36-32-28-24-20-16-12-8-2)75-61-77-70(52-42-38-34-30-26-22-18-14-10-4)78-62-76-69(51-41-37-33-29-25-21-17-13-9-3)74-60-72(67)86-64-88(74)109-96-98(104-84-58-48-46-56-82(84)102-96)111-90(76)66-92(78)113-114(105(5)6)112-91(77)65-89(75)110-97-95(101-81-55-45-47-57-83(81)103-97)108-87(73)63-85(71)106-93-94(107-86)100-80-54-44-43-53-79(80)99-93/h43-48,53-70H,7-42,49-52H2,1-6H3. The molecule has 0 N–H and O–H groups in total. The Balaban J connectivity index is 1.02. The first-order valence-corrected chi connectivity index (χ1v) is 45.8. The van der Waals surface area contributed by atoms with Crippen LogP contribution in [0, 0.1) is 0 Å². The highest BCUT2D eigenvalue weighted by atomic mass is 31.2. The van der Waals surface area contributed by atoms with Crippen molar-refractivity contribution in [2.75, 3.05) is 14.1 Å². The van der Waals surface area contributed by atoms with Crippen LogP contribution in [0.4, 0.5) is 0 Å². The highest BCUT2D eigenvalue weighted by molar-refractivity contribution is 7.45. The zero-order chi connectivity index (χ0) is 78.0. The fourth-order valence-corrected chi connectivity index (χ4v) is 19.1. The van der Waals surface area contributed by atoms with Crippen LogP contribution in [0.5, 0.6) is 81.3 Å². The van der Waals surface area contributed by atoms with Crippen molar-refractivity contribution >= 4 is 41.6 Å². The van der Waals surface area contributed by atoms with Crippen molar-refractivity contribution in [3.63, 3.8) is 0 Å². The molecule has 0 saturated heterocycles. The van der Waals surface area contributed by atoms with Crippen molar-refractivity contribution in [2.45, 2.75) is 308 Å². The molecule has 114 heavy (non-hydrogen) atoms. The van der Waals surface area contributed by atoms with E-state index in [1.54, 1.807) is 0 Å². The quantitative estimate of drug-likeness (QED) is 0.0263. The maximum atomic E-state index is 7.63. The van der Waals surface area contributed by atoms with Crippen LogP contribution in [0.3, 0.4) is 0 Å². The molecule has 5 aliphatic rings. The molecule has 0 amide bonds. The predicted octanol–water partition coefficient (Wildman–Crippen LogP) is 30.3. The van der Waals surface area contributed by atoms with Crippen LogP contribution in [0.2, 0.25) is 0 Å². The smallest absolute Gasteiger partial charge is 0.384 e. The molecule has 2 unspecified atom stereocenters. The molecule has 8 bridgehead atoms. The van der Waals surface area contributed by atoms with Gasteiger partial charge in [-0.15, -0.1) is 0 Å². The van der Waals surface area contributed by atoms with E-state index in [1.807, 2.05) is 86.9 Å². The van der Waals surface area contributed by atoms with Gasteiger partial charge in [-0.25, -0.2) is 34.6 Å². The van der Waals surface area contributed by atoms with Gasteiger partial charge < -0.3 is 37.5 Å². The SMILES string of the molecule is CCCCCCCCCCCC1c2cc3c4cc2Oc2nc5ccccc5nc2Oc2cc5c(cc21)C(CCCCCCCCCCC)c1cc2c(cc1Oc1nc6ccccc6nc1O5)OP(N(C)C)Oc1cc(c(cc1C2CCCCCCCCCCC)C3CCCCCCCCCCC)Oc1nc2ccccc2nc1O4. The first-order valence-electron chi connectivity index (χ1n) is 44.6. The number of unbranched alkanes of at least 4 members (excludes halogenated alkanes) is 32. The van der Waals surface area contributed by atoms with Gasteiger partial charge >= 0.3 is 8.53 Å². The second kappa shape index (κ2) is 39.8. The minimum Gasteiger partial charge on any atom is -0.434 e. The molecule has 10 aromatic rings. The predicted molar refractivity (Wildman–Crippen MR) is 461 cm³/mol. The molecule has 7 heterocycles. The van der Waals surface area contributed by atoms with Crippen LogP contribution in [-0.2, 0) is 0 Å². The minimum atomic E-state index is -1.83. The monoisotopic (exact) mass is 1560 g/mol. The third kappa shape index (κ3) is 19.4. The number of benzene rings is 7. The van der Waals surface area contributed by atoms with Gasteiger partial charge in [-0.1, -0.05) is 295 Å². The van der Waals surface area contributed by atoms with Crippen molar-refractivity contribution in [2.24, 2.45) is 0 Å². The average molecular weight is 1560 g/mol. The summed E-state index contributed by atoms with van der Waals surface area (Å²) in [4.78, 5) is 32.2. The molecule has 0 fully saturated rings. The molecule has 602 valence electrons. The molecule has 15 nitrogen and oxygen atoms in total. The van der Waals surface area contributed by atoms with E-state index in [0.717, 1.165) is 141 Å². The number of ether oxygens (including phenoxy) is 6. The molecule has 4 aliphatic heterocycles. The molecule has 0 spiro atoms. The van der Waals surface area contributed by atoms with Crippen LogP contribution in [-0.4, -0.2) is 48.7 Å². The first-order chi connectivity index (χ1) is 56.2. The summed E-state index contributed by atoms with van der Waals surface area (Å²) in [6.07, 6.45) is 46.3. The molecular formula is C98H122N7O8P. The van der Waals surface area contributed by atoms with E-state index in [-0.39, 0.29) is 59.0 Å². The maximum absolute atomic E-state index is 7.63. The van der Waals surface area contributed by atoms with Gasteiger partial charge in [0.05, 0.1) is 33.1 Å². The lowest BCUT2D eigenvalue weighted by atomic mass is 9.76. The van der Waals surface area contributed by atoms with Gasteiger partial charge in [0, 0.05) is 92.4 Å². The Morgan fingerprint density at radius 2 is 0.412 bits per heavy atom. The third-order valence-electron chi connectivity index (χ3n) is 24.4. The number of fused-ring (bicyclic) bond motifs is 6. The summed E-state index contributed by atoms with van der Waals surface area (Å²) in [5.74, 6) is 5.46. The summed E-state index contributed by atoms with van der Waals surface area (Å²) in [5, 5.41) is 0. The van der Waals surface area contributed by atoms with Crippen LogP contribution in [0.25, 0.3) is 33.1 Å². The van der Waals surface area contributed by atoms with Crippen LogP contribution in [0.15, 0.2) is 121 Å². The largest absolute Gasteiger partial charge is 0.434 e. The Morgan fingerprint density at radius 3 is 0.605 bits per heavy atom. The first kappa shape index (κ1) is 80.5. The van der Waals surface area contributed by atoms with Crippen molar-refractivity contribution < 1.29 is 37.5 Å². The Labute approximate surface area is 679 Å². The third-order valence-corrected chi connectivity index (χ3v) is 25.8. The van der Waals surface area contributed by atoms with E-state index >= 15 is 0 Å². The van der Waals surface area contributed by atoms with E-state index in [2.05, 4.69) is 80.9 Å². The summed E-state index contributed by atoms with van der Waals surface area (Å²) >= 11 is 0. The number of hydrogen-bond acceptors (Lipinski definition) is 15. The molecule has 3 aromatic heterocycles. The summed E-state index contributed by atoms with van der Waals surface area (Å²) in [6, 6.07) is 42.4. The van der Waals surface area contributed by atoms with Crippen molar-refractivity contribution in [3.8, 4) is 81.3 Å². The molecular weight excluding hydrogens is 1430 g/mol. The molecule has 0 radical (unpaired) electrons. The number of nitrogens with zero attached hydrogens (tertiary/aromatic N) is 7. The Bertz CT molecular complexity index is 4600. The van der Waals surface area contributed by atoms with Crippen LogP contribution < -0.4 is 37.5 Å². The lowest BCUT2D eigenvalue weighted by Crippen LogP contribution is -2.19. The Morgan fingerprint density at radius 1 is 0.237 bits per heavy atom. The van der Waals surface area contributed by atoms with Crippen LogP contribution >= 0.6 is 8.53 Å². The van der Waals surface area contributed by atoms with E-state index in [1.165, 1.54) is 161 Å². The lowest BCUT2D eigenvalue weighted by Gasteiger charge is -2.34. The zero-order valence-electron chi connectivity index (χ0n) is 69.0. The fourth-order valence-electron chi connectivity index (χ4n) is 18.1. The zero-order valence-corrected chi connectivity index (χ0v) is 69.9. The number of hydrogen-bond donors (Lipinski definition) is 0. The van der Waals surface area contributed by atoms with Crippen molar-refractivity contribution in [3.05, 3.63) is 166 Å². The molecule has 0 saturated carbocycles. The Hall–Kier alpha value is -8.65. The molecule has 16 heteroatoms. The summed E-state index contributed by atoms with van der Waals surface area (Å²) in [7, 11) is 2.26. The second-order valence-corrected chi connectivity index (χ2v) is 34.9. The van der Waals surface area contributed by atoms with Gasteiger partial charge in [-0.3, -0.25) is 0 Å². The molecule has 2 atom stereocenters. The summed E-state index contributed by atoms with van der Waals surface area (Å²) < 4.78 is 62.9. The average Bonchev–Trinajstić information content (AvgIpc) is 1.56. The number of rotatable bonds is 41. The normalized spacial score (nSPS) is 16.7. The van der Waals surface area contributed by atoms with E-state index in [4.69, 9.17) is 67.4 Å². The summed E-state index contributed by atoms with van der Waals surface area (Å²) in [6.45, 7) is 9.20. The lowest BCUT2D eigenvalue weighted by molar-refractivity contribution is 0.381. The second-order valence-electron chi connectivity index (χ2n) is 33.2.